The molecule has 0 amide bonds. The third kappa shape index (κ3) is 4.32. The van der Waals surface area contributed by atoms with Gasteiger partial charge in [-0.15, -0.1) is 0 Å². The van der Waals surface area contributed by atoms with Crippen LogP contribution < -0.4 is 0 Å². The fourth-order valence-electron chi connectivity index (χ4n) is 6.09. The molecule has 6 rings (SSSR count). The van der Waals surface area contributed by atoms with Crippen LogP contribution in [0.15, 0.2) is 96.7 Å². The molecule has 1 fully saturated rings. The van der Waals surface area contributed by atoms with Crippen molar-refractivity contribution in [3.8, 4) is 0 Å². The van der Waals surface area contributed by atoms with Gasteiger partial charge in [-0.25, -0.2) is 9.78 Å². The number of nitrogens with one attached hydrogen (secondary N) is 1. The first-order valence-corrected chi connectivity index (χ1v) is 13.4. The number of H-pyrrole nitrogens is 1. The first kappa shape index (κ1) is 24.2. The van der Waals surface area contributed by atoms with E-state index in [1.165, 1.54) is 27.5 Å². The molecule has 1 N–H and O–H groups in total. The van der Waals surface area contributed by atoms with Gasteiger partial charge in [0, 0.05) is 44.2 Å². The number of likely N-dealkylation sites (N-methyl/N-ethyl adjacent to an activating group) is 1. The lowest BCUT2D eigenvalue weighted by molar-refractivity contribution is 0.182. The maximum atomic E-state index is 12.9. The molecule has 1 unspecified atom stereocenters. The van der Waals surface area contributed by atoms with Crippen molar-refractivity contribution >= 4 is 22.3 Å². The largest absolute Gasteiger partial charge is 0.366 e. The van der Waals surface area contributed by atoms with Crippen LogP contribution in [0.4, 0.5) is 0 Å². The second-order valence-corrected chi connectivity index (χ2v) is 10.4. The van der Waals surface area contributed by atoms with Crippen LogP contribution in [-0.4, -0.2) is 70.4 Å². The number of aromatic nitrogens is 2. The molecule has 2 aliphatic rings. The number of nitrogens with zero attached hydrogens (tertiary/aromatic N) is 4. The molecule has 38 heavy (non-hydrogen) atoms. The minimum absolute atomic E-state index is 0.105. The molecule has 1 saturated heterocycles. The molecular formula is C32H33N5O. The molecule has 2 aliphatic heterocycles. The number of piperazine rings is 1. The van der Waals surface area contributed by atoms with Gasteiger partial charge in [-0.05, 0) is 28.9 Å². The summed E-state index contributed by atoms with van der Waals surface area (Å²) in [4.78, 5) is 27.6. The zero-order valence-electron chi connectivity index (χ0n) is 22.0. The van der Waals surface area contributed by atoms with Gasteiger partial charge in [-0.3, -0.25) is 0 Å². The number of benzene rings is 3. The Balaban J connectivity index is 1.51. The summed E-state index contributed by atoms with van der Waals surface area (Å²) in [6.07, 6.45) is 3.61. The van der Waals surface area contributed by atoms with Crippen LogP contribution in [0.1, 0.15) is 35.7 Å². The minimum atomic E-state index is -0.105. The summed E-state index contributed by atoms with van der Waals surface area (Å²) in [7, 11) is 2.16. The molecular weight excluding hydrogens is 470 g/mol. The van der Waals surface area contributed by atoms with Gasteiger partial charge in [-0.2, -0.15) is 0 Å². The maximum absolute atomic E-state index is 12.9. The Hall–Kier alpha value is -4.12. The fraction of sp³-hybridized carbons (Fsp3) is 0.281. The molecule has 6 nitrogen and oxygen atoms in total. The van der Waals surface area contributed by atoms with E-state index < -0.39 is 0 Å². The second kappa shape index (κ2) is 10.3. The van der Waals surface area contributed by atoms with Crippen LogP contribution in [-0.2, 0) is 4.79 Å². The Morgan fingerprint density at radius 2 is 1.66 bits per heavy atom. The molecule has 0 aliphatic carbocycles. The van der Waals surface area contributed by atoms with Crippen molar-refractivity contribution in [2.24, 2.45) is 0 Å². The smallest absolute Gasteiger partial charge is 0.152 e. The topological polar surface area (TPSA) is 55.5 Å². The van der Waals surface area contributed by atoms with Crippen LogP contribution in [0.2, 0.25) is 0 Å². The molecule has 0 saturated carbocycles. The van der Waals surface area contributed by atoms with Gasteiger partial charge in [0.2, 0.25) is 0 Å². The number of hydrogen-bond donors (Lipinski definition) is 1. The predicted octanol–water partition coefficient (Wildman–Crippen LogP) is 5.10. The third-order valence-corrected chi connectivity index (χ3v) is 8.13. The van der Waals surface area contributed by atoms with Crippen molar-refractivity contribution in [2.75, 3.05) is 39.8 Å². The Morgan fingerprint density at radius 3 is 2.39 bits per heavy atom. The van der Waals surface area contributed by atoms with Gasteiger partial charge < -0.3 is 19.7 Å². The zero-order chi connectivity index (χ0) is 26.1. The molecule has 4 aromatic rings. The molecule has 0 spiro atoms. The molecule has 3 aromatic carbocycles. The molecule has 1 aromatic heterocycles. The average molecular weight is 504 g/mol. The van der Waals surface area contributed by atoms with Crippen molar-refractivity contribution in [3.05, 3.63) is 114 Å². The molecule has 3 heterocycles. The van der Waals surface area contributed by atoms with E-state index in [1.807, 2.05) is 12.3 Å². The van der Waals surface area contributed by atoms with Gasteiger partial charge in [-0.1, -0.05) is 79.7 Å². The van der Waals surface area contributed by atoms with Gasteiger partial charge in [0.05, 0.1) is 30.0 Å². The minimum Gasteiger partial charge on any atom is -0.366 e. The summed E-state index contributed by atoms with van der Waals surface area (Å²) >= 11 is 0. The zero-order valence-corrected chi connectivity index (χ0v) is 22.0. The van der Waals surface area contributed by atoms with Gasteiger partial charge in [0.1, 0.15) is 5.70 Å². The van der Waals surface area contributed by atoms with E-state index in [-0.39, 0.29) is 12.0 Å². The van der Waals surface area contributed by atoms with Crippen molar-refractivity contribution in [1.29, 1.82) is 0 Å². The molecule has 0 bridgehead atoms. The summed E-state index contributed by atoms with van der Waals surface area (Å²) in [5.41, 5.74) is 6.25. The summed E-state index contributed by atoms with van der Waals surface area (Å²) < 4.78 is 0. The quantitative estimate of drug-likeness (QED) is 0.371. The van der Waals surface area contributed by atoms with E-state index >= 15 is 0 Å². The van der Waals surface area contributed by atoms with E-state index in [1.54, 1.807) is 6.33 Å². The van der Waals surface area contributed by atoms with Crippen LogP contribution in [0.3, 0.4) is 0 Å². The first-order valence-electron chi connectivity index (χ1n) is 13.4. The highest BCUT2D eigenvalue weighted by Crippen LogP contribution is 2.46. The third-order valence-electron chi connectivity index (χ3n) is 8.13. The highest BCUT2D eigenvalue weighted by Gasteiger charge is 2.40. The molecule has 6 heteroatoms. The number of hydrogen-bond acceptors (Lipinski definition) is 5. The Labute approximate surface area is 223 Å². The van der Waals surface area contributed by atoms with E-state index in [0.29, 0.717) is 12.2 Å². The highest BCUT2D eigenvalue weighted by molar-refractivity contribution is 5.97. The normalized spacial score (nSPS) is 18.2. The first-order chi connectivity index (χ1) is 18.7. The van der Waals surface area contributed by atoms with E-state index in [2.05, 4.69) is 111 Å². The molecule has 0 radical (unpaired) electrons. The van der Waals surface area contributed by atoms with E-state index in [9.17, 15) is 4.79 Å². The predicted molar refractivity (Wildman–Crippen MR) is 152 cm³/mol. The summed E-state index contributed by atoms with van der Waals surface area (Å²) in [6.45, 7) is 6.53. The Kier molecular flexibility index (Phi) is 6.59. The average Bonchev–Trinajstić information content (AvgIpc) is 3.62. The van der Waals surface area contributed by atoms with Crippen molar-refractivity contribution in [1.82, 2.24) is 24.7 Å². The Bertz CT molecular complexity index is 1490. The number of rotatable bonds is 6. The fourth-order valence-corrected chi connectivity index (χ4v) is 6.09. The van der Waals surface area contributed by atoms with Crippen molar-refractivity contribution in [2.45, 2.75) is 18.9 Å². The van der Waals surface area contributed by atoms with Crippen LogP contribution in [0.5, 0.6) is 0 Å². The highest BCUT2D eigenvalue weighted by atomic mass is 16.1. The number of aromatic amines is 1. The maximum Gasteiger partial charge on any atom is 0.152 e. The van der Waals surface area contributed by atoms with Crippen LogP contribution in [0, 0.1) is 0 Å². The lowest BCUT2D eigenvalue weighted by Crippen LogP contribution is -2.44. The lowest BCUT2D eigenvalue weighted by Gasteiger charge is -2.37. The molecule has 192 valence electrons. The SMILES string of the molecule is C[C@@H](c1ccccc1)C(c1cnc[nH]1)N1CC(c2cccc3ccccc23)=C(N2CCN(C)CC2)C1=C=O. The second-order valence-electron chi connectivity index (χ2n) is 10.4. The van der Waals surface area contributed by atoms with Crippen LogP contribution in [0.25, 0.3) is 16.3 Å². The van der Waals surface area contributed by atoms with E-state index in [0.717, 1.165) is 37.6 Å². The lowest BCUT2D eigenvalue weighted by atomic mass is 9.90. The van der Waals surface area contributed by atoms with Crippen molar-refractivity contribution < 1.29 is 4.79 Å². The monoisotopic (exact) mass is 503 g/mol. The summed E-state index contributed by atoms with van der Waals surface area (Å²) in [5, 5.41) is 2.41. The Morgan fingerprint density at radius 1 is 0.921 bits per heavy atom. The van der Waals surface area contributed by atoms with Gasteiger partial charge in [0.15, 0.2) is 5.94 Å². The number of imidazole rings is 1. The summed E-state index contributed by atoms with van der Waals surface area (Å²) in [6, 6.07) is 25.4. The number of carbonyl (C=O) groups excluding carboxylic acids is 1. The van der Waals surface area contributed by atoms with Crippen LogP contribution >= 0.6 is 0 Å². The standard InChI is InChI=1S/C32H33N5O/c1-23(24-9-4-3-5-10-24)31(29-19-33-22-34-29)37-20-28(27-14-8-12-25-11-6-7-13-26(25)27)32(30(37)21-38)36-17-15-35(2)16-18-36/h3-14,19,22-23,31H,15-18,20H2,1-2H3,(H,33,34)/t23-,31?/m0/s1. The number of fused-ring (bicyclic) bond motifs is 1. The molecule has 2 atom stereocenters. The van der Waals surface area contributed by atoms with E-state index in [4.69, 9.17) is 0 Å². The van der Waals surface area contributed by atoms with Gasteiger partial charge >= 0.3 is 0 Å². The van der Waals surface area contributed by atoms with Crippen molar-refractivity contribution in [3.63, 3.8) is 0 Å². The van der Waals surface area contributed by atoms with Gasteiger partial charge in [0.25, 0.3) is 0 Å². The summed E-state index contributed by atoms with van der Waals surface area (Å²) in [5.74, 6) is 2.53.